The van der Waals surface area contributed by atoms with Crippen LogP contribution in [-0.2, 0) is 4.79 Å². The van der Waals surface area contributed by atoms with Crippen LogP contribution in [0, 0.1) is 16.7 Å². The fraction of sp³-hybridized carbons (Fsp3) is 0.933. The van der Waals surface area contributed by atoms with E-state index in [0.717, 1.165) is 12.8 Å². The van der Waals surface area contributed by atoms with E-state index < -0.39 is 0 Å². The van der Waals surface area contributed by atoms with Crippen LogP contribution in [0.5, 0.6) is 0 Å². The van der Waals surface area contributed by atoms with Crippen molar-refractivity contribution in [2.75, 3.05) is 0 Å². The average molecular weight is 239 g/mol. The lowest BCUT2D eigenvalue weighted by Gasteiger charge is -2.43. The molecule has 0 spiro atoms. The lowest BCUT2D eigenvalue weighted by Crippen LogP contribution is -2.53. The molecule has 3 unspecified atom stereocenters. The molecule has 0 aromatic rings. The van der Waals surface area contributed by atoms with E-state index in [1.54, 1.807) is 0 Å². The summed E-state index contributed by atoms with van der Waals surface area (Å²) >= 11 is 0. The zero-order valence-corrected chi connectivity index (χ0v) is 12.6. The molecule has 0 radical (unpaired) electrons. The second kappa shape index (κ2) is 4.72. The van der Waals surface area contributed by atoms with Crippen LogP contribution < -0.4 is 5.32 Å². The maximum atomic E-state index is 12.4. The number of carbonyl (C=O) groups is 1. The number of carbonyl (C=O) groups excluding carboxylic acids is 1. The molecule has 0 aromatic heterocycles. The summed E-state index contributed by atoms with van der Waals surface area (Å²) in [6.45, 7) is 15.4. The summed E-state index contributed by atoms with van der Waals surface area (Å²) in [5.41, 5.74) is 0.151. The minimum atomic E-state index is 0.0338. The van der Waals surface area contributed by atoms with E-state index in [-0.39, 0.29) is 22.8 Å². The second-order valence-electron chi connectivity index (χ2n) is 7.76. The summed E-state index contributed by atoms with van der Waals surface area (Å²) in [5, 5.41) is 3.68. The molecule has 0 aromatic carbocycles. The quantitative estimate of drug-likeness (QED) is 0.702. The monoisotopic (exact) mass is 239 g/mol. The molecule has 17 heavy (non-hydrogen) atoms. The van der Waals surface area contributed by atoms with Gasteiger partial charge in [0, 0.05) is 24.4 Å². The zero-order valence-electron chi connectivity index (χ0n) is 12.6. The van der Waals surface area contributed by atoms with Gasteiger partial charge < -0.3 is 5.32 Å². The van der Waals surface area contributed by atoms with Gasteiger partial charge in [-0.2, -0.15) is 0 Å². The predicted molar refractivity (Wildman–Crippen MR) is 73.0 cm³/mol. The average Bonchev–Trinajstić information content (AvgIpc) is 2.23. The Morgan fingerprint density at radius 2 is 1.59 bits per heavy atom. The molecule has 2 nitrogen and oxygen atoms in total. The third kappa shape index (κ3) is 3.54. The van der Waals surface area contributed by atoms with Gasteiger partial charge in [0.1, 0.15) is 5.78 Å². The molecule has 0 aliphatic carbocycles. The topological polar surface area (TPSA) is 29.1 Å². The zero-order chi connectivity index (χ0) is 13.4. The minimum absolute atomic E-state index is 0.0338. The van der Waals surface area contributed by atoms with Crippen LogP contribution in [0.15, 0.2) is 0 Å². The third-order valence-electron chi connectivity index (χ3n) is 3.83. The highest BCUT2D eigenvalue weighted by atomic mass is 16.1. The van der Waals surface area contributed by atoms with E-state index >= 15 is 0 Å². The van der Waals surface area contributed by atoms with Crippen LogP contribution in [0.1, 0.15) is 61.3 Å². The van der Waals surface area contributed by atoms with E-state index in [2.05, 4.69) is 53.8 Å². The fourth-order valence-corrected chi connectivity index (χ4v) is 2.92. The number of Topliss-reactive ketones (excluding diaryl/α,β-unsaturated/α-hetero) is 1. The Morgan fingerprint density at radius 3 is 2.00 bits per heavy atom. The molecule has 1 N–H and O–H groups in total. The van der Waals surface area contributed by atoms with Gasteiger partial charge in [-0.05, 0) is 24.2 Å². The molecule has 1 aliphatic heterocycles. The molecule has 1 heterocycles. The van der Waals surface area contributed by atoms with Crippen molar-refractivity contribution in [3.8, 4) is 0 Å². The highest BCUT2D eigenvalue weighted by Crippen LogP contribution is 2.39. The number of hydrogen-bond acceptors (Lipinski definition) is 2. The van der Waals surface area contributed by atoms with Crippen molar-refractivity contribution in [1.29, 1.82) is 0 Å². The molecule has 1 aliphatic rings. The Hall–Kier alpha value is -0.370. The van der Waals surface area contributed by atoms with Gasteiger partial charge in [-0.15, -0.1) is 0 Å². The molecule has 100 valence electrons. The number of hydrogen-bond donors (Lipinski definition) is 1. The maximum absolute atomic E-state index is 12.4. The van der Waals surface area contributed by atoms with E-state index in [9.17, 15) is 4.79 Å². The Labute approximate surface area is 107 Å². The van der Waals surface area contributed by atoms with Crippen LogP contribution >= 0.6 is 0 Å². The van der Waals surface area contributed by atoms with Crippen molar-refractivity contribution in [3.63, 3.8) is 0 Å². The van der Waals surface area contributed by atoms with Crippen LogP contribution in [-0.4, -0.2) is 17.9 Å². The Morgan fingerprint density at radius 1 is 1.06 bits per heavy atom. The summed E-state index contributed by atoms with van der Waals surface area (Å²) in [4.78, 5) is 12.4. The normalized spacial score (nSPS) is 32.4. The maximum Gasteiger partial charge on any atom is 0.138 e. The molecular formula is C15H29NO. The molecule has 0 saturated carbocycles. The van der Waals surface area contributed by atoms with Crippen LogP contribution in [0.2, 0.25) is 0 Å². The van der Waals surface area contributed by atoms with Gasteiger partial charge in [0.2, 0.25) is 0 Å². The molecule has 0 amide bonds. The van der Waals surface area contributed by atoms with Gasteiger partial charge in [0.15, 0.2) is 0 Å². The van der Waals surface area contributed by atoms with Gasteiger partial charge in [-0.1, -0.05) is 41.5 Å². The molecule has 0 bridgehead atoms. The first-order valence-electron chi connectivity index (χ1n) is 6.82. The van der Waals surface area contributed by atoms with Crippen molar-refractivity contribution in [2.45, 2.75) is 73.4 Å². The largest absolute Gasteiger partial charge is 0.310 e. The van der Waals surface area contributed by atoms with Crippen molar-refractivity contribution in [1.82, 2.24) is 5.32 Å². The third-order valence-corrected chi connectivity index (χ3v) is 3.83. The van der Waals surface area contributed by atoms with Gasteiger partial charge in [0.05, 0.1) is 0 Å². The van der Waals surface area contributed by atoms with E-state index in [4.69, 9.17) is 0 Å². The first-order valence-corrected chi connectivity index (χ1v) is 6.82. The molecule has 1 rings (SSSR count). The van der Waals surface area contributed by atoms with Crippen LogP contribution in [0.4, 0.5) is 0 Å². The second-order valence-corrected chi connectivity index (χ2v) is 7.76. The number of rotatable bonds is 0. The summed E-state index contributed by atoms with van der Waals surface area (Å²) in [6, 6.07) is 0.711. The summed E-state index contributed by atoms with van der Waals surface area (Å²) < 4.78 is 0. The highest BCUT2D eigenvalue weighted by Gasteiger charge is 2.44. The number of ketones is 1. The Bertz CT molecular complexity index is 282. The van der Waals surface area contributed by atoms with Crippen molar-refractivity contribution < 1.29 is 4.79 Å². The van der Waals surface area contributed by atoms with Crippen LogP contribution in [0.3, 0.4) is 0 Å². The van der Waals surface area contributed by atoms with Crippen molar-refractivity contribution in [3.05, 3.63) is 0 Å². The first-order chi connectivity index (χ1) is 7.53. The molecule has 2 heteroatoms. The van der Waals surface area contributed by atoms with E-state index in [0.29, 0.717) is 11.8 Å². The van der Waals surface area contributed by atoms with Gasteiger partial charge in [-0.3, -0.25) is 4.79 Å². The fourth-order valence-electron chi connectivity index (χ4n) is 2.92. The van der Waals surface area contributed by atoms with Crippen LogP contribution in [0.25, 0.3) is 0 Å². The Balaban J connectivity index is 3.11. The summed E-state index contributed by atoms with van der Waals surface area (Å²) in [6.07, 6.45) is 1.70. The number of nitrogens with one attached hydrogen (secondary N) is 1. The molecular weight excluding hydrogens is 210 g/mol. The summed E-state index contributed by atoms with van der Waals surface area (Å²) in [7, 11) is 0. The first kappa shape index (κ1) is 14.7. The smallest absolute Gasteiger partial charge is 0.138 e. The van der Waals surface area contributed by atoms with E-state index in [1.807, 2.05) is 0 Å². The lowest BCUT2D eigenvalue weighted by molar-refractivity contribution is -0.128. The molecule has 1 fully saturated rings. The lowest BCUT2D eigenvalue weighted by atomic mass is 9.66. The highest BCUT2D eigenvalue weighted by molar-refractivity contribution is 5.83. The SMILES string of the molecule is CC1CCC(=O)C(C(C)(C)C)C(C(C)(C)C)N1. The Kier molecular flexibility index (Phi) is 4.08. The van der Waals surface area contributed by atoms with E-state index in [1.165, 1.54) is 0 Å². The van der Waals surface area contributed by atoms with Crippen molar-refractivity contribution in [2.24, 2.45) is 16.7 Å². The standard InChI is InChI=1S/C15H29NO/c1-10-8-9-11(17)12(14(2,3)4)13(16-10)15(5,6)7/h10,12-13,16H,8-9H2,1-7H3. The van der Waals surface area contributed by atoms with Crippen molar-refractivity contribution >= 4 is 5.78 Å². The molecule has 1 saturated heterocycles. The van der Waals surface area contributed by atoms with Gasteiger partial charge in [0.25, 0.3) is 0 Å². The minimum Gasteiger partial charge on any atom is -0.310 e. The van der Waals surface area contributed by atoms with Gasteiger partial charge >= 0.3 is 0 Å². The predicted octanol–water partition coefficient (Wildman–Crippen LogP) is 3.40. The van der Waals surface area contributed by atoms with Gasteiger partial charge in [-0.25, -0.2) is 0 Å². The molecule has 3 atom stereocenters. The summed E-state index contributed by atoms with van der Waals surface area (Å²) in [5.74, 6) is 0.557.